The quantitative estimate of drug-likeness (QED) is 0.692. The van der Waals surface area contributed by atoms with E-state index in [2.05, 4.69) is 16.0 Å². The molecular weight excluding hydrogens is 350 g/mol. The molecule has 0 unspecified atom stereocenters. The number of aliphatic hydroxyl groups excluding tert-OH is 1. The van der Waals surface area contributed by atoms with Crippen molar-refractivity contribution in [3.05, 3.63) is 66.4 Å². The topological polar surface area (TPSA) is 72.3 Å². The predicted molar refractivity (Wildman–Crippen MR) is 109 cm³/mol. The third-order valence-corrected chi connectivity index (χ3v) is 5.71. The Kier molecular flexibility index (Phi) is 5.34. The van der Waals surface area contributed by atoms with Crippen LogP contribution in [0.25, 0.3) is 10.9 Å². The van der Waals surface area contributed by atoms with Gasteiger partial charge in [-0.15, -0.1) is 0 Å². The SMILES string of the molecule is N#CC1(c2ccccc2)CCN(C[C@H](O)COc2cccc3[nH]ccc23)CC1. The van der Waals surface area contributed by atoms with E-state index in [0.717, 1.165) is 48.1 Å². The zero-order chi connectivity index (χ0) is 19.4. The van der Waals surface area contributed by atoms with Crippen molar-refractivity contribution >= 4 is 10.9 Å². The summed E-state index contributed by atoms with van der Waals surface area (Å²) in [6, 6.07) is 20.4. The number of aromatic nitrogens is 1. The molecule has 2 aromatic carbocycles. The smallest absolute Gasteiger partial charge is 0.128 e. The van der Waals surface area contributed by atoms with Gasteiger partial charge in [-0.25, -0.2) is 0 Å². The minimum atomic E-state index is -0.569. The second-order valence-electron chi connectivity index (χ2n) is 7.52. The van der Waals surface area contributed by atoms with E-state index in [-0.39, 0.29) is 6.61 Å². The van der Waals surface area contributed by atoms with Crippen LogP contribution in [0.2, 0.25) is 0 Å². The Labute approximate surface area is 165 Å². The first kappa shape index (κ1) is 18.5. The molecule has 1 saturated heterocycles. The van der Waals surface area contributed by atoms with Crippen molar-refractivity contribution in [2.75, 3.05) is 26.2 Å². The lowest BCUT2D eigenvalue weighted by Gasteiger charge is -2.38. The maximum absolute atomic E-state index is 10.5. The number of β-amino-alcohol motifs (C(OH)–C–C–N with tert-alkyl or cyclic N) is 1. The van der Waals surface area contributed by atoms with Gasteiger partial charge in [0.15, 0.2) is 0 Å². The molecule has 1 aromatic heterocycles. The van der Waals surface area contributed by atoms with Crippen molar-refractivity contribution in [2.24, 2.45) is 0 Å². The van der Waals surface area contributed by atoms with Crippen LogP contribution < -0.4 is 4.74 Å². The number of hydrogen-bond donors (Lipinski definition) is 2. The van der Waals surface area contributed by atoms with E-state index in [0.29, 0.717) is 6.54 Å². The minimum absolute atomic E-state index is 0.253. The Hall–Kier alpha value is -2.81. The summed E-state index contributed by atoms with van der Waals surface area (Å²) in [6.07, 6.45) is 2.88. The van der Waals surface area contributed by atoms with Crippen molar-refractivity contribution in [2.45, 2.75) is 24.4 Å². The van der Waals surface area contributed by atoms with E-state index in [1.165, 1.54) is 0 Å². The summed E-state index contributed by atoms with van der Waals surface area (Å²) in [7, 11) is 0. The number of rotatable bonds is 6. The molecule has 144 valence electrons. The highest BCUT2D eigenvalue weighted by atomic mass is 16.5. The van der Waals surface area contributed by atoms with Crippen LogP contribution in [0.3, 0.4) is 0 Å². The van der Waals surface area contributed by atoms with Gasteiger partial charge in [-0.3, -0.25) is 0 Å². The van der Waals surface area contributed by atoms with Crippen LogP contribution in [-0.4, -0.2) is 47.3 Å². The molecule has 2 heterocycles. The van der Waals surface area contributed by atoms with Crippen LogP contribution in [0.1, 0.15) is 18.4 Å². The molecule has 3 aromatic rings. The largest absolute Gasteiger partial charge is 0.490 e. The lowest BCUT2D eigenvalue weighted by Crippen LogP contribution is -2.45. The minimum Gasteiger partial charge on any atom is -0.490 e. The monoisotopic (exact) mass is 375 g/mol. The van der Waals surface area contributed by atoms with Gasteiger partial charge < -0.3 is 19.7 Å². The number of fused-ring (bicyclic) bond motifs is 1. The van der Waals surface area contributed by atoms with Gasteiger partial charge in [0, 0.05) is 36.7 Å². The number of likely N-dealkylation sites (tertiary alicyclic amines) is 1. The third kappa shape index (κ3) is 3.75. The van der Waals surface area contributed by atoms with Crippen molar-refractivity contribution in [1.29, 1.82) is 5.26 Å². The summed E-state index contributed by atoms with van der Waals surface area (Å²) >= 11 is 0. The number of benzene rings is 2. The van der Waals surface area contributed by atoms with Crippen LogP contribution in [0.4, 0.5) is 0 Å². The Morgan fingerprint density at radius 2 is 1.89 bits per heavy atom. The lowest BCUT2D eigenvalue weighted by atomic mass is 9.74. The summed E-state index contributed by atoms with van der Waals surface area (Å²) in [5.74, 6) is 0.781. The summed E-state index contributed by atoms with van der Waals surface area (Å²) in [6.45, 7) is 2.40. The first-order valence-electron chi connectivity index (χ1n) is 9.76. The van der Waals surface area contributed by atoms with Gasteiger partial charge in [0.1, 0.15) is 18.5 Å². The van der Waals surface area contributed by atoms with E-state index >= 15 is 0 Å². The summed E-state index contributed by atoms with van der Waals surface area (Å²) < 4.78 is 5.86. The number of ether oxygens (including phenoxy) is 1. The third-order valence-electron chi connectivity index (χ3n) is 5.71. The second-order valence-corrected chi connectivity index (χ2v) is 7.52. The number of nitrogens with one attached hydrogen (secondary N) is 1. The molecule has 1 aliphatic rings. The first-order chi connectivity index (χ1) is 13.7. The summed E-state index contributed by atoms with van der Waals surface area (Å²) in [5.41, 5.74) is 1.71. The molecule has 4 rings (SSSR count). The molecule has 0 spiro atoms. The standard InChI is InChI=1S/C23H25N3O2/c24-17-23(18-5-2-1-3-6-18)10-13-26(14-11-23)15-19(27)16-28-22-8-4-7-21-20(22)9-12-25-21/h1-9,12,19,25,27H,10-11,13-16H2/t19-/m0/s1. The van der Waals surface area contributed by atoms with Crippen LogP contribution in [0, 0.1) is 11.3 Å². The van der Waals surface area contributed by atoms with Crippen molar-refractivity contribution in [1.82, 2.24) is 9.88 Å². The van der Waals surface area contributed by atoms with E-state index in [1.807, 2.05) is 60.8 Å². The van der Waals surface area contributed by atoms with Gasteiger partial charge in [-0.05, 0) is 36.6 Å². The Bertz CT molecular complexity index is 953. The highest BCUT2D eigenvalue weighted by molar-refractivity contribution is 5.85. The molecule has 0 bridgehead atoms. The number of nitriles is 1. The Balaban J connectivity index is 1.31. The molecule has 28 heavy (non-hydrogen) atoms. The van der Waals surface area contributed by atoms with Crippen molar-refractivity contribution in [3.63, 3.8) is 0 Å². The highest BCUT2D eigenvalue weighted by Crippen LogP contribution is 2.34. The first-order valence-corrected chi connectivity index (χ1v) is 9.76. The molecule has 0 radical (unpaired) electrons. The van der Waals surface area contributed by atoms with Gasteiger partial charge in [0.25, 0.3) is 0 Å². The van der Waals surface area contributed by atoms with Crippen LogP contribution >= 0.6 is 0 Å². The maximum atomic E-state index is 10.5. The fourth-order valence-corrected chi connectivity index (χ4v) is 4.06. The maximum Gasteiger partial charge on any atom is 0.128 e. The summed E-state index contributed by atoms with van der Waals surface area (Å²) in [4.78, 5) is 5.39. The van der Waals surface area contributed by atoms with Crippen LogP contribution in [0.15, 0.2) is 60.8 Å². The van der Waals surface area contributed by atoms with E-state index < -0.39 is 11.5 Å². The van der Waals surface area contributed by atoms with Gasteiger partial charge >= 0.3 is 0 Å². The van der Waals surface area contributed by atoms with Crippen LogP contribution in [0.5, 0.6) is 5.75 Å². The molecule has 1 atom stereocenters. The van der Waals surface area contributed by atoms with Gasteiger partial charge in [0.05, 0.1) is 11.5 Å². The number of aliphatic hydroxyl groups is 1. The van der Waals surface area contributed by atoms with Gasteiger partial charge in [0.2, 0.25) is 0 Å². The second kappa shape index (κ2) is 8.05. The van der Waals surface area contributed by atoms with E-state index in [4.69, 9.17) is 4.74 Å². The number of piperidine rings is 1. The van der Waals surface area contributed by atoms with E-state index in [9.17, 15) is 10.4 Å². The van der Waals surface area contributed by atoms with Crippen molar-refractivity contribution < 1.29 is 9.84 Å². The molecule has 1 aliphatic heterocycles. The lowest BCUT2D eigenvalue weighted by molar-refractivity contribution is 0.0557. The molecule has 2 N–H and O–H groups in total. The zero-order valence-corrected chi connectivity index (χ0v) is 15.8. The molecular formula is C23H25N3O2. The van der Waals surface area contributed by atoms with Crippen molar-refractivity contribution in [3.8, 4) is 11.8 Å². The molecule has 5 heteroatoms. The summed E-state index contributed by atoms with van der Waals surface area (Å²) in [5, 5.41) is 21.3. The zero-order valence-electron chi connectivity index (χ0n) is 15.8. The van der Waals surface area contributed by atoms with Gasteiger partial charge in [-0.1, -0.05) is 36.4 Å². The Morgan fingerprint density at radius 1 is 1.11 bits per heavy atom. The number of hydrogen-bond acceptors (Lipinski definition) is 4. The molecule has 0 saturated carbocycles. The average molecular weight is 375 g/mol. The molecule has 0 aliphatic carbocycles. The van der Waals surface area contributed by atoms with Crippen LogP contribution in [-0.2, 0) is 5.41 Å². The number of H-pyrrole nitrogens is 1. The fraction of sp³-hybridized carbons (Fsp3) is 0.348. The molecule has 0 amide bonds. The average Bonchev–Trinajstić information content (AvgIpc) is 3.23. The van der Waals surface area contributed by atoms with Gasteiger partial charge in [-0.2, -0.15) is 5.26 Å². The highest BCUT2D eigenvalue weighted by Gasteiger charge is 2.36. The number of nitrogens with zero attached hydrogens (tertiary/aromatic N) is 2. The fourth-order valence-electron chi connectivity index (χ4n) is 4.06. The molecule has 5 nitrogen and oxygen atoms in total. The van der Waals surface area contributed by atoms with E-state index in [1.54, 1.807) is 0 Å². The predicted octanol–water partition coefficient (Wildman–Crippen LogP) is 3.46. The number of aromatic amines is 1. The molecule has 1 fully saturated rings. The normalized spacial score (nSPS) is 17.9. The Morgan fingerprint density at radius 3 is 2.64 bits per heavy atom.